The van der Waals surface area contributed by atoms with E-state index < -0.39 is 11.6 Å². The second-order valence-electron chi connectivity index (χ2n) is 3.07. The van der Waals surface area contributed by atoms with Gasteiger partial charge in [0.2, 0.25) is 0 Å². The predicted octanol–water partition coefficient (Wildman–Crippen LogP) is 4.27. The minimum atomic E-state index is -0.530. The molecular weight excluding hydrogens is 298 g/mol. The highest BCUT2D eigenvalue weighted by atomic mass is 79.9. The molecule has 1 aromatic carbocycles. The van der Waals surface area contributed by atoms with E-state index in [0.29, 0.717) is 16.0 Å². The molecule has 0 aliphatic rings. The maximum atomic E-state index is 13.6. The summed E-state index contributed by atoms with van der Waals surface area (Å²) in [6, 6.07) is 5.36. The highest BCUT2D eigenvalue weighted by Gasteiger charge is 2.11. The summed E-state index contributed by atoms with van der Waals surface area (Å²) in [5, 5.41) is 0. The van der Waals surface area contributed by atoms with Crippen LogP contribution in [0.25, 0.3) is 10.4 Å². The van der Waals surface area contributed by atoms with Gasteiger partial charge in [-0.3, -0.25) is 4.79 Å². The summed E-state index contributed by atoms with van der Waals surface area (Å²) in [6.45, 7) is 0. The first kappa shape index (κ1) is 11.4. The third-order valence-electron chi connectivity index (χ3n) is 2.02. The van der Waals surface area contributed by atoms with Crippen LogP contribution in [0.4, 0.5) is 8.78 Å². The Morgan fingerprint density at radius 1 is 1.19 bits per heavy atom. The Morgan fingerprint density at radius 2 is 1.94 bits per heavy atom. The Labute approximate surface area is 103 Å². The Balaban J connectivity index is 2.55. The van der Waals surface area contributed by atoms with Gasteiger partial charge in [-0.25, -0.2) is 8.78 Å². The minimum Gasteiger partial charge on any atom is -0.297 e. The van der Waals surface area contributed by atoms with Crippen molar-refractivity contribution >= 4 is 33.6 Å². The molecule has 2 aromatic rings. The molecule has 0 amide bonds. The first-order valence-corrected chi connectivity index (χ1v) is 5.92. The molecule has 16 heavy (non-hydrogen) atoms. The summed E-state index contributed by atoms with van der Waals surface area (Å²) < 4.78 is 26.9. The van der Waals surface area contributed by atoms with Crippen LogP contribution in [0, 0.1) is 11.6 Å². The zero-order valence-corrected chi connectivity index (χ0v) is 10.2. The maximum Gasteiger partial charge on any atom is 0.160 e. The van der Waals surface area contributed by atoms with Crippen molar-refractivity contribution in [3.05, 3.63) is 45.2 Å². The number of hydrogen-bond donors (Lipinski definition) is 0. The molecule has 0 bridgehead atoms. The smallest absolute Gasteiger partial charge is 0.160 e. The second kappa shape index (κ2) is 4.43. The van der Waals surface area contributed by atoms with Crippen LogP contribution in [0.2, 0.25) is 0 Å². The van der Waals surface area contributed by atoms with Crippen molar-refractivity contribution < 1.29 is 13.6 Å². The highest BCUT2D eigenvalue weighted by molar-refractivity contribution is 9.10. The van der Waals surface area contributed by atoms with Gasteiger partial charge in [0.1, 0.15) is 11.6 Å². The topological polar surface area (TPSA) is 17.1 Å². The number of aldehydes is 1. The SMILES string of the molecule is O=Cc1ccc(-c2cc(F)c(Br)cc2F)s1. The third kappa shape index (κ3) is 2.05. The first-order valence-electron chi connectivity index (χ1n) is 4.31. The Hall–Kier alpha value is -1.07. The monoisotopic (exact) mass is 302 g/mol. The van der Waals surface area contributed by atoms with Crippen molar-refractivity contribution in [3.8, 4) is 10.4 Å². The van der Waals surface area contributed by atoms with E-state index in [1.807, 2.05) is 0 Å². The van der Waals surface area contributed by atoms with Crippen LogP contribution < -0.4 is 0 Å². The number of carbonyl (C=O) groups is 1. The molecule has 0 atom stereocenters. The zero-order valence-electron chi connectivity index (χ0n) is 7.84. The molecule has 0 spiro atoms. The van der Waals surface area contributed by atoms with Gasteiger partial charge in [0, 0.05) is 10.4 Å². The molecule has 2 rings (SSSR count). The highest BCUT2D eigenvalue weighted by Crippen LogP contribution is 2.32. The molecule has 0 fully saturated rings. The average molecular weight is 303 g/mol. The van der Waals surface area contributed by atoms with E-state index in [9.17, 15) is 13.6 Å². The lowest BCUT2D eigenvalue weighted by molar-refractivity contribution is 0.112. The van der Waals surface area contributed by atoms with Crippen LogP contribution in [0.5, 0.6) is 0 Å². The summed E-state index contributed by atoms with van der Waals surface area (Å²) in [5.41, 5.74) is 0.166. The molecule has 0 saturated heterocycles. The summed E-state index contributed by atoms with van der Waals surface area (Å²) in [6.07, 6.45) is 0.682. The fourth-order valence-corrected chi connectivity index (χ4v) is 2.43. The van der Waals surface area contributed by atoms with Crippen LogP contribution in [-0.2, 0) is 0 Å². The lowest BCUT2D eigenvalue weighted by Crippen LogP contribution is -1.85. The van der Waals surface area contributed by atoms with Crippen molar-refractivity contribution in [2.45, 2.75) is 0 Å². The Kier molecular flexibility index (Phi) is 3.16. The van der Waals surface area contributed by atoms with E-state index in [1.54, 1.807) is 12.1 Å². The van der Waals surface area contributed by atoms with Gasteiger partial charge in [-0.15, -0.1) is 11.3 Å². The zero-order chi connectivity index (χ0) is 11.7. The van der Waals surface area contributed by atoms with Crippen molar-refractivity contribution in [3.63, 3.8) is 0 Å². The van der Waals surface area contributed by atoms with E-state index in [1.165, 1.54) is 0 Å². The molecule has 0 radical (unpaired) electrons. The van der Waals surface area contributed by atoms with Gasteiger partial charge in [-0.1, -0.05) is 0 Å². The molecule has 0 aliphatic heterocycles. The van der Waals surface area contributed by atoms with Gasteiger partial charge >= 0.3 is 0 Å². The van der Waals surface area contributed by atoms with Gasteiger partial charge < -0.3 is 0 Å². The maximum absolute atomic E-state index is 13.6. The summed E-state index contributed by atoms with van der Waals surface area (Å²) in [7, 11) is 0. The lowest BCUT2D eigenvalue weighted by atomic mass is 10.2. The first-order chi connectivity index (χ1) is 7.61. The lowest BCUT2D eigenvalue weighted by Gasteiger charge is -2.01. The Bertz CT molecular complexity index is 551. The number of halogens is 3. The molecule has 1 nitrogen and oxygen atoms in total. The van der Waals surface area contributed by atoms with E-state index in [4.69, 9.17) is 0 Å². The second-order valence-corrected chi connectivity index (χ2v) is 5.04. The quantitative estimate of drug-likeness (QED) is 0.598. The van der Waals surface area contributed by atoms with Crippen molar-refractivity contribution in [1.29, 1.82) is 0 Å². The van der Waals surface area contributed by atoms with Crippen LogP contribution >= 0.6 is 27.3 Å². The van der Waals surface area contributed by atoms with Crippen LogP contribution in [-0.4, -0.2) is 6.29 Å². The minimum absolute atomic E-state index is 0.0842. The molecule has 0 N–H and O–H groups in total. The van der Waals surface area contributed by atoms with Gasteiger partial charge in [0.15, 0.2) is 6.29 Å². The molecular formula is C11H5BrF2OS. The van der Waals surface area contributed by atoms with Crippen LogP contribution in [0.1, 0.15) is 9.67 Å². The van der Waals surface area contributed by atoms with Gasteiger partial charge in [-0.05, 0) is 40.2 Å². The standard InChI is InChI=1S/C11H5BrF2OS/c12-8-4-9(13)7(3-10(8)14)11-2-1-6(5-15)16-11/h1-5H. The summed E-state index contributed by atoms with van der Waals surface area (Å²) in [5.74, 6) is -1.05. The molecule has 1 heterocycles. The van der Waals surface area contributed by atoms with Crippen molar-refractivity contribution in [2.24, 2.45) is 0 Å². The van der Waals surface area contributed by atoms with E-state index in [0.717, 1.165) is 23.5 Å². The fourth-order valence-electron chi connectivity index (χ4n) is 1.27. The molecule has 0 unspecified atom stereocenters. The largest absolute Gasteiger partial charge is 0.297 e. The average Bonchev–Trinajstić information content (AvgIpc) is 2.71. The van der Waals surface area contributed by atoms with E-state index in [2.05, 4.69) is 15.9 Å². The predicted molar refractivity (Wildman–Crippen MR) is 62.8 cm³/mol. The fraction of sp³-hybridized carbons (Fsp3) is 0. The van der Waals surface area contributed by atoms with Crippen LogP contribution in [0.3, 0.4) is 0 Å². The Morgan fingerprint density at radius 3 is 2.56 bits per heavy atom. The molecule has 82 valence electrons. The third-order valence-corrected chi connectivity index (χ3v) is 3.67. The number of thiophene rings is 1. The van der Waals surface area contributed by atoms with Gasteiger partial charge in [-0.2, -0.15) is 0 Å². The molecule has 0 aliphatic carbocycles. The van der Waals surface area contributed by atoms with Crippen molar-refractivity contribution in [1.82, 2.24) is 0 Å². The molecule has 1 aromatic heterocycles. The molecule has 0 saturated carbocycles. The summed E-state index contributed by atoms with van der Waals surface area (Å²) >= 11 is 4.03. The molecule has 5 heteroatoms. The van der Waals surface area contributed by atoms with E-state index >= 15 is 0 Å². The van der Waals surface area contributed by atoms with E-state index in [-0.39, 0.29) is 10.0 Å². The van der Waals surface area contributed by atoms with Crippen LogP contribution in [0.15, 0.2) is 28.7 Å². The number of rotatable bonds is 2. The van der Waals surface area contributed by atoms with Gasteiger partial charge in [0.05, 0.1) is 9.35 Å². The number of hydrogen-bond acceptors (Lipinski definition) is 2. The normalized spacial score (nSPS) is 10.4. The van der Waals surface area contributed by atoms with Crippen molar-refractivity contribution in [2.75, 3.05) is 0 Å². The summed E-state index contributed by atoms with van der Waals surface area (Å²) in [4.78, 5) is 11.5. The number of carbonyl (C=O) groups excluding carboxylic acids is 1. The number of benzene rings is 1. The van der Waals surface area contributed by atoms with Gasteiger partial charge in [0.25, 0.3) is 0 Å².